The molecule has 1 atom stereocenters. The number of piperidine rings is 1. The van der Waals surface area contributed by atoms with Crippen LogP contribution in [0.25, 0.3) is 0 Å². The van der Waals surface area contributed by atoms with Gasteiger partial charge in [-0.05, 0) is 25.0 Å². The second-order valence-corrected chi connectivity index (χ2v) is 5.38. The number of pyridine rings is 1. The fourth-order valence-corrected chi connectivity index (χ4v) is 2.48. The van der Waals surface area contributed by atoms with Crippen molar-refractivity contribution in [1.29, 1.82) is 0 Å². The summed E-state index contributed by atoms with van der Waals surface area (Å²) in [7, 11) is 0. The summed E-state index contributed by atoms with van der Waals surface area (Å²) in [5.74, 6) is 0.297. The second kappa shape index (κ2) is 6.57. The number of nitrogens with two attached hydrogens (primary N) is 1. The molecular formula is C15H19N5O2. The highest BCUT2D eigenvalue weighted by Gasteiger charge is 2.23. The molecule has 116 valence electrons. The molecule has 3 rings (SSSR count). The van der Waals surface area contributed by atoms with Crippen LogP contribution in [0.4, 0.5) is 0 Å². The largest absolute Gasteiger partial charge is 0.470 e. The number of carbonyl (C=O) groups is 1. The van der Waals surface area contributed by atoms with Gasteiger partial charge in [0.05, 0.1) is 5.69 Å². The molecule has 1 aliphatic rings. The molecule has 0 aliphatic carbocycles. The third-order valence-corrected chi connectivity index (χ3v) is 3.62. The predicted molar refractivity (Wildman–Crippen MR) is 80.3 cm³/mol. The standard InChI is InChI=1S/C15H19N5O2/c16-11-4-3-7-20(9-11)15(21)13-8-14(19-18-13)22-10-12-5-1-2-6-17-12/h1-2,5-6,8,11H,3-4,7,9-10,16H2,(H,18,19)/t11-/m1/s1. The van der Waals surface area contributed by atoms with Crippen LogP contribution in [0, 0.1) is 0 Å². The van der Waals surface area contributed by atoms with Gasteiger partial charge >= 0.3 is 0 Å². The summed E-state index contributed by atoms with van der Waals surface area (Å²) in [6.07, 6.45) is 3.60. The summed E-state index contributed by atoms with van der Waals surface area (Å²) >= 11 is 0. The van der Waals surface area contributed by atoms with Crippen molar-refractivity contribution >= 4 is 5.91 Å². The van der Waals surface area contributed by atoms with Crippen molar-refractivity contribution < 1.29 is 9.53 Å². The highest BCUT2D eigenvalue weighted by molar-refractivity contribution is 5.92. The van der Waals surface area contributed by atoms with Gasteiger partial charge in [0.25, 0.3) is 5.91 Å². The maximum atomic E-state index is 12.4. The third-order valence-electron chi connectivity index (χ3n) is 3.62. The number of hydrogen-bond donors (Lipinski definition) is 2. The topological polar surface area (TPSA) is 97.1 Å². The first-order valence-electron chi connectivity index (χ1n) is 7.35. The van der Waals surface area contributed by atoms with Crippen LogP contribution in [0.5, 0.6) is 5.88 Å². The van der Waals surface area contributed by atoms with Crippen molar-refractivity contribution in [2.75, 3.05) is 13.1 Å². The molecule has 3 heterocycles. The monoisotopic (exact) mass is 301 g/mol. The minimum Gasteiger partial charge on any atom is -0.470 e. The average Bonchev–Trinajstić information content (AvgIpc) is 3.02. The maximum Gasteiger partial charge on any atom is 0.272 e. The Hall–Kier alpha value is -2.41. The van der Waals surface area contributed by atoms with E-state index >= 15 is 0 Å². The molecule has 1 saturated heterocycles. The van der Waals surface area contributed by atoms with Crippen molar-refractivity contribution in [2.45, 2.75) is 25.5 Å². The Morgan fingerprint density at radius 2 is 2.41 bits per heavy atom. The van der Waals surface area contributed by atoms with Crippen molar-refractivity contribution in [2.24, 2.45) is 5.73 Å². The van der Waals surface area contributed by atoms with Gasteiger partial charge in [0.15, 0.2) is 0 Å². The van der Waals surface area contributed by atoms with Crippen molar-refractivity contribution in [3.05, 3.63) is 41.9 Å². The summed E-state index contributed by atoms with van der Waals surface area (Å²) < 4.78 is 5.53. The molecule has 2 aromatic rings. The van der Waals surface area contributed by atoms with Crippen molar-refractivity contribution in [3.63, 3.8) is 0 Å². The van der Waals surface area contributed by atoms with Crippen LogP contribution in [0.3, 0.4) is 0 Å². The van der Waals surface area contributed by atoms with Gasteiger partial charge in [-0.15, -0.1) is 5.10 Å². The Labute approximate surface area is 128 Å². The van der Waals surface area contributed by atoms with E-state index in [1.54, 1.807) is 17.2 Å². The molecule has 0 spiro atoms. The minimum absolute atomic E-state index is 0.0560. The molecular weight excluding hydrogens is 282 g/mol. The molecule has 0 saturated carbocycles. The summed E-state index contributed by atoms with van der Waals surface area (Å²) in [5.41, 5.74) is 7.13. The number of likely N-dealkylation sites (tertiary alicyclic amines) is 1. The zero-order chi connectivity index (χ0) is 15.4. The van der Waals surface area contributed by atoms with Crippen molar-refractivity contribution in [1.82, 2.24) is 20.1 Å². The first-order valence-corrected chi connectivity index (χ1v) is 7.35. The molecule has 7 nitrogen and oxygen atoms in total. The van der Waals surface area contributed by atoms with E-state index < -0.39 is 0 Å². The molecule has 1 aliphatic heterocycles. The highest BCUT2D eigenvalue weighted by Crippen LogP contribution is 2.15. The first-order chi connectivity index (χ1) is 10.7. The fourth-order valence-electron chi connectivity index (χ4n) is 2.48. The van der Waals surface area contributed by atoms with Gasteiger partial charge in [-0.3, -0.25) is 14.9 Å². The van der Waals surface area contributed by atoms with Gasteiger partial charge in [0, 0.05) is 31.4 Å². The lowest BCUT2D eigenvalue weighted by Crippen LogP contribution is -2.45. The van der Waals surface area contributed by atoms with E-state index in [0.717, 1.165) is 25.1 Å². The Balaban J connectivity index is 1.59. The maximum absolute atomic E-state index is 12.4. The number of hydrogen-bond acceptors (Lipinski definition) is 5. The number of amides is 1. The van der Waals surface area contributed by atoms with Gasteiger partial charge in [-0.1, -0.05) is 6.07 Å². The molecule has 22 heavy (non-hydrogen) atoms. The van der Waals surface area contributed by atoms with Crippen molar-refractivity contribution in [3.8, 4) is 5.88 Å². The van der Waals surface area contributed by atoms with E-state index in [1.807, 2.05) is 18.2 Å². The lowest BCUT2D eigenvalue weighted by Gasteiger charge is -2.30. The average molecular weight is 301 g/mol. The van der Waals surface area contributed by atoms with E-state index in [0.29, 0.717) is 24.7 Å². The number of aromatic amines is 1. The van der Waals surface area contributed by atoms with Gasteiger partial charge in [0.1, 0.15) is 12.3 Å². The van der Waals surface area contributed by atoms with Crippen LogP contribution in [0.15, 0.2) is 30.5 Å². The smallest absolute Gasteiger partial charge is 0.272 e. The number of rotatable bonds is 4. The second-order valence-electron chi connectivity index (χ2n) is 5.38. The Morgan fingerprint density at radius 1 is 1.50 bits per heavy atom. The number of carbonyl (C=O) groups excluding carboxylic acids is 1. The van der Waals surface area contributed by atoms with Crippen LogP contribution < -0.4 is 10.5 Å². The predicted octanol–water partition coefficient (Wildman–Crippen LogP) is 0.947. The normalized spacial score (nSPS) is 18.2. The number of H-pyrrole nitrogens is 1. The van der Waals surface area contributed by atoms with E-state index in [9.17, 15) is 4.79 Å². The summed E-state index contributed by atoms with van der Waals surface area (Å²) in [6.45, 7) is 1.63. The number of ether oxygens (including phenoxy) is 1. The Kier molecular flexibility index (Phi) is 4.34. The molecule has 0 unspecified atom stereocenters. The summed E-state index contributed by atoms with van der Waals surface area (Å²) in [6, 6.07) is 7.28. The summed E-state index contributed by atoms with van der Waals surface area (Å²) in [4.78, 5) is 18.3. The molecule has 7 heteroatoms. The van der Waals surface area contributed by atoms with E-state index in [4.69, 9.17) is 10.5 Å². The van der Waals surface area contributed by atoms with Gasteiger partial charge in [0.2, 0.25) is 5.88 Å². The van der Waals surface area contributed by atoms with E-state index in [2.05, 4.69) is 15.2 Å². The quantitative estimate of drug-likeness (QED) is 0.876. The van der Waals surface area contributed by atoms with E-state index in [1.165, 1.54) is 0 Å². The third kappa shape index (κ3) is 3.43. The Bertz CT molecular complexity index is 628. The van der Waals surface area contributed by atoms with Gasteiger partial charge in [-0.2, -0.15) is 0 Å². The molecule has 0 bridgehead atoms. The number of nitrogens with zero attached hydrogens (tertiary/aromatic N) is 3. The van der Waals surface area contributed by atoms with Gasteiger partial charge in [-0.25, -0.2) is 0 Å². The van der Waals surface area contributed by atoms with Crippen LogP contribution >= 0.6 is 0 Å². The highest BCUT2D eigenvalue weighted by atomic mass is 16.5. The zero-order valence-electron chi connectivity index (χ0n) is 12.2. The molecule has 2 aromatic heterocycles. The van der Waals surface area contributed by atoms with Crippen LogP contribution in [-0.4, -0.2) is 45.1 Å². The molecule has 1 fully saturated rings. The fraction of sp³-hybridized carbons (Fsp3) is 0.400. The summed E-state index contributed by atoms with van der Waals surface area (Å²) in [5, 5.41) is 6.74. The van der Waals surface area contributed by atoms with Crippen LogP contribution in [-0.2, 0) is 6.61 Å². The van der Waals surface area contributed by atoms with E-state index in [-0.39, 0.29) is 11.9 Å². The number of nitrogens with one attached hydrogen (secondary N) is 1. The lowest BCUT2D eigenvalue weighted by molar-refractivity contribution is 0.0702. The first kappa shape index (κ1) is 14.5. The zero-order valence-corrected chi connectivity index (χ0v) is 12.2. The molecule has 0 radical (unpaired) electrons. The number of aromatic nitrogens is 3. The molecule has 0 aromatic carbocycles. The lowest BCUT2D eigenvalue weighted by atomic mass is 10.1. The molecule has 1 amide bonds. The van der Waals surface area contributed by atoms with Crippen LogP contribution in [0.2, 0.25) is 0 Å². The SMILES string of the molecule is N[C@@H]1CCCN(C(=O)c2cc(OCc3ccccn3)n[nH]2)C1. The molecule has 3 N–H and O–H groups in total. The minimum atomic E-state index is -0.0877. The van der Waals surface area contributed by atoms with Gasteiger partial charge < -0.3 is 15.4 Å². The van der Waals surface area contributed by atoms with Crippen LogP contribution in [0.1, 0.15) is 29.0 Å². The Morgan fingerprint density at radius 3 is 3.18 bits per heavy atom.